The Morgan fingerprint density at radius 2 is 2.18 bits per heavy atom. The maximum atomic E-state index is 12.5. The molecule has 1 amide bonds. The van der Waals surface area contributed by atoms with E-state index in [1.165, 1.54) is 11.6 Å². The van der Waals surface area contributed by atoms with Crippen molar-refractivity contribution in [2.75, 3.05) is 29.0 Å². The standard InChI is InChI=1S/C15H16ClN5O/c16-12-8-13(20-15(17)19-12)18-9-14(22)21-7-3-5-10-4-1-2-6-11(10)21/h1-2,4,6,8H,3,5,7,9H2,(H3,17,18,19,20). The molecule has 1 aliphatic rings. The molecule has 0 bridgehead atoms. The number of aromatic nitrogens is 2. The highest BCUT2D eigenvalue weighted by Crippen LogP contribution is 2.26. The van der Waals surface area contributed by atoms with Gasteiger partial charge in [-0.15, -0.1) is 0 Å². The van der Waals surface area contributed by atoms with Crippen LogP contribution in [0, 0.1) is 0 Å². The second-order valence-electron chi connectivity index (χ2n) is 5.07. The highest BCUT2D eigenvalue weighted by Gasteiger charge is 2.21. The molecule has 7 heteroatoms. The number of carbonyl (C=O) groups is 1. The molecular formula is C15H16ClN5O. The molecule has 0 spiro atoms. The molecule has 0 saturated carbocycles. The predicted octanol–water partition coefficient (Wildman–Crippen LogP) is 2.10. The van der Waals surface area contributed by atoms with Gasteiger partial charge in [-0.2, -0.15) is 4.98 Å². The Bertz CT molecular complexity index is 686. The van der Waals surface area contributed by atoms with E-state index in [1.807, 2.05) is 18.2 Å². The topological polar surface area (TPSA) is 84.1 Å². The number of fused-ring (bicyclic) bond motifs is 1. The summed E-state index contributed by atoms with van der Waals surface area (Å²) >= 11 is 5.81. The molecule has 114 valence electrons. The van der Waals surface area contributed by atoms with E-state index < -0.39 is 0 Å². The van der Waals surface area contributed by atoms with Crippen LogP contribution < -0.4 is 16.0 Å². The first-order valence-corrected chi connectivity index (χ1v) is 7.43. The van der Waals surface area contributed by atoms with Crippen molar-refractivity contribution in [1.82, 2.24) is 9.97 Å². The van der Waals surface area contributed by atoms with Gasteiger partial charge in [-0.3, -0.25) is 4.79 Å². The Labute approximate surface area is 133 Å². The van der Waals surface area contributed by atoms with Crippen molar-refractivity contribution < 1.29 is 4.79 Å². The van der Waals surface area contributed by atoms with Crippen molar-refractivity contribution in [3.63, 3.8) is 0 Å². The minimum absolute atomic E-state index is 0.0135. The number of nitrogens with zero attached hydrogens (tertiary/aromatic N) is 3. The first kappa shape index (κ1) is 14.6. The van der Waals surface area contributed by atoms with Crippen molar-refractivity contribution in [3.8, 4) is 0 Å². The molecule has 0 radical (unpaired) electrons. The number of amides is 1. The van der Waals surface area contributed by atoms with Crippen molar-refractivity contribution in [2.45, 2.75) is 12.8 Å². The molecule has 2 aromatic rings. The molecule has 1 aliphatic heterocycles. The highest BCUT2D eigenvalue weighted by molar-refractivity contribution is 6.29. The second kappa shape index (κ2) is 6.19. The summed E-state index contributed by atoms with van der Waals surface area (Å²) < 4.78 is 0. The first-order valence-electron chi connectivity index (χ1n) is 7.06. The molecule has 6 nitrogen and oxygen atoms in total. The maximum absolute atomic E-state index is 12.5. The van der Waals surface area contributed by atoms with Crippen molar-refractivity contribution >= 4 is 35.0 Å². The number of hydrogen-bond acceptors (Lipinski definition) is 5. The van der Waals surface area contributed by atoms with Crippen LogP contribution in [0.15, 0.2) is 30.3 Å². The zero-order valence-corrected chi connectivity index (χ0v) is 12.7. The monoisotopic (exact) mass is 317 g/mol. The lowest BCUT2D eigenvalue weighted by atomic mass is 10.0. The average Bonchev–Trinajstić information content (AvgIpc) is 2.51. The lowest BCUT2D eigenvalue weighted by Crippen LogP contribution is -2.39. The smallest absolute Gasteiger partial charge is 0.246 e. The van der Waals surface area contributed by atoms with E-state index in [0.29, 0.717) is 5.82 Å². The maximum Gasteiger partial charge on any atom is 0.246 e. The lowest BCUT2D eigenvalue weighted by Gasteiger charge is -2.29. The molecule has 0 saturated heterocycles. The summed E-state index contributed by atoms with van der Waals surface area (Å²) in [4.78, 5) is 22.0. The Kier molecular flexibility index (Phi) is 4.11. The molecule has 0 atom stereocenters. The van der Waals surface area contributed by atoms with Gasteiger partial charge in [0.25, 0.3) is 0 Å². The predicted molar refractivity (Wildman–Crippen MR) is 87.1 cm³/mol. The molecule has 0 unspecified atom stereocenters. The summed E-state index contributed by atoms with van der Waals surface area (Å²) in [7, 11) is 0. The van der Waals surface area contributed by atoms with Gasteiger partial charge in [0.2, 0.25) is 11.9 Å². The summed E-state index contributed by atoms with van der Waals surface area (Å²) in [5.41, 5.74) is 7.72. The van der Waals surface area contributed by atoms with E-state index in [4.69, 9.17) is 17.3 Å². The number of nitrogens with one attached hydrogen (secondary N) is 1. The lowest BCUT2D eigenvalue weighted by molar-refractivity contribution is -0.117. The van der Waals surface area contributed by atoms with Gasteiger partial charge in [0.15, 0.2) is 0 Å². The average molecular weight is 318 g/mol. The van der Waals surface area contributed by atoms with E-state index in [2.05, 4.69) is 21.4 Å². The van der Waals surface area contributed by atoms with Crippen LogP contribution >= 0.6 is 11.6 Å². The number of nitrogen functional groups attached to an aromatic ring is 1. The van der Waals surface area contributed by atoms with Gasteiger partial charge in [-0.25, -0.2) is 4.98 Å². The van der Waals surface area contributed by atoms with Crippen LogP contribution in [0.2, 0.25) is 5.15 Å². The molecular weight excluding hydrogens is 302 g/mol. The van der Waals surface area contributed by atoms with Gasteiger partial charge >= 0.3 is 0 Å². The summed E-state index contributed by atoms with van der Waals surface area (Å²) in [6.45, 7) is 0.852. The molecule has 1 aromatic heterocycles. The number of para-hydroxylation sites is 1. The van der Waals surface area contributed by atoms with Gasteiger partial charge in [-0.1, -0.05) is 29.8 Å². The highest BCUT2D eigenvalue weighted by atomic mass is 35.5. The van der Waals surface area contributed by atoms with Crippen molar-refractivity contribution in [1.29, 1.82) is 0 Å². The number of halogens is 1. The quantitative estimate of drug-likeness (QED) is 0.847. The fraction of sp³-hybridized carbons (Fsp3) is 0.267. The van der Waals surface area contributed by atoms with Gasteiger partial charge in [0.05, 0.1) is 6.54 Å². The number of anilines is 3. The summed E-state index contributed by atoms with van der Waals surface area (Å²) in [5.74, 6) is 0.502. The van der Waals surface area contributed by atoms with Gasteiger partial charge in [-0.05, 0) is 24.5 Å². The van der Waals surface area contributed by atoms with Crippen LogP contribution in [0.4, 0.5) is 17.5 Å². The minimum atomic E-state index is -0.0135. The van der Waals surface area contributed by atoms with Crippen LogP contribution in [-0.4, -0.2) is 29.0 Å². The van der Waals surface area contributed by atoms with Crippen LogP contribution in [0.25, 0.3) is 0 Å². The molecule has 0 fully saturated rings. The molecule has 3 N–H and O–H groups in total. The molecule has 22 heavy (non-hydrogen) atoms. The second-order valence-corrected chi connectivity index (χ2v) is 5.45. The largest absolute Gasteiger partial charge is 0.368 e. The van der Waals surface area contributed by atoms with Crippen LogP contribution in [0.3, 0.4) is 0 Å². The zero-order chi connectivity index (χ0) is 15.5. The molecule has 3 rings (SSSR count). The SMILES string of the molecule is Nc1nc(Cl)cc(NCC(=O)N2CCCc3ccccc32)n1. The van der Waals surface area contributed by atoms with Crippen LogP contribution in [0.1, 0.15) is 12.0 Å². The van der Waals surface area contributed by atoms with E-state index >= 15 is 0 Å². The number of aryl methyl sites for hydroxylation is 1. The van der Waals surface area contributed by atoms with E-state index in [-0.39, 0.29) is 23.6 Å². The van der Waals surface area contributed by atoms with E-state index in [1.54, 1.807) is 4.90 Å². The van der Waals surface area contributed by atoms with Crippen molar-refractivity contribution in [2.24, 2.45) is 0 Å². The first-order chi connectivity index (χ1) is 10.6. The third-order valence-electron chi connectivity index (χ3n) is 3.54. The Morgan fingerprint density at radius 1 is 1.36 bits per heavy atom. The zero-order valence-electron chi connectivity index (χ0n) is 11.9. The van der Waals surface area contributed by atoms with Gasteiger partial charge in [0.1, 0.15) is 11.0 Å². The minimum Gasteiger partial charge on any atom is -0.368 e. The number of hydrogen-bond donors (Lipinski definition) is 2. The summed E-state index contributed by atoms with van der Waals surface area (Å²) in [6, 6.07) is 9.52. The Hall–Kier alpha value is -2.34. The normalized spacial score (nSPS) is 13.6. The fourth-order valence-corrected chi connectivity index (χ4v) is 2.77. The Balaban J connectivity index is 1.70. The third-order valence-corrected chi connectivity index (χ3v) is 3.74. The van der Waals surface area contributed by atoms with Crippen LogP contribution in [0.5, 0.6) is 0 Å². The van der Waals surface area contributed by atoms with E-state index in [0.717, 1.165) is 25.1 Å². The van der Waals surface area contributed by atoms with Gasteiger partial charge in [0, 0.05) is 18.3 Å². The number of rotatable bonds is 3. The number of benzene rings is 1. The number of nitrogens with two attached hydrogens (primary N) is 1. The Morgan fingerprint density at radius 3 is 3.00 bits per heavy atom. The van der Waals surface area contributed by atoms with Gasteiger partial charge < -0.3 is 16.0 Å². The molecule has 1 aromatic carbocycles. The van der Waals surface area contributed by atoms with Crippen LogP contribution in [-0.2, 0) is 11.2 Å². The summed E-state index contributed by atoms with van der Waals surface area (Å²) in [6.07, 6.45) is 1.97. The van der Waals surface area contributed by atoms with Crippen molar-refractivity contribution in [3.05, 3.63) is 41.0 Å². The van der Waals surface area contributed by atoms with E-state index in [9.17, 15) is 4.79 Å². The number of carbonyl (C=O) groups excluding carboxylic acids is 1. The fourth-order valence-electron chi connectivity index (χ4n) is 2.58. The molecule has 2 heterocycles. The third kappa shape index (κ3) is 3.12. The summed E-state index contributed by atoms with van der Waals surface area (Å²) in [5, 5.41) is 3.19. The molecule has 0 aliphatic carbocycles.